The van der Waals surface area contributed by atoms with Gasteiger partial charge in [-0.05, 0) is 13.0 Å². The van der Waals surface area contributed by atoms with E-state index in [-0.39, 0.29) is 0 Å². The van der Waals surface area contributed by atoms with Crippen LogP contribution < -0.4 is 5.32 Å². The van der Waals surface area contributed by atoms with Crippen molar-refractivity contribution in [1.82, 2.24) is 24.9 Å². The second-order valence-electron chi connectivity index (χ2n) is 4.26. The van der Waals surface area contributed by atoms with Crippen molar-refractivity contribution in [2.24, 2.45) is 0 Å². The molecule has 0 radical (unpaired) electrons. The molecule has 0 amide bonds. The Morgan fingerprint density at radius 1 is 1.32 bits per heavy atom. The maximum Gasteiger partial charge on any atom is 0.208 e. The Balaban J connectivity index is 1.86. The fourth-order valence-electron chi connectivity index (χ4n) is 1.91. The summed E-state index contributed by atoms with van der Waals surface area (Å²) in [5.74, 6) is 1.41. The van der Waals surface area contributed by atoms with Gasteiger partial charge in [-0.1, -0.05) is 6.92 Å². The number of nitrogens with one attached hydrogen (secondary N) is 1. The summed E-state index contributed by atoms with van der Waals surface area (Å²) in [4.78, 5) is 8.37. The van der Waals surface area contributed by atoms with Crippen LogP contribution in [0.15, 0.2) is 35.4 Å². The first-order valence-corrected chi connectivity index (χ1v) is 6.31. The Morgan fingerprint density at radius 3 is 3.16 bits per heavy atom. The summed E-state index contributed by atoms with van der Waals surface area (Å²) in [7, 11) is 0. The van der Waals surface area contributed by atoms with E-state index in [4.69, 9.17) is 4.42 Å². The first-order valence-electron chi connectivity index (χ1n) is 6.31. The summed E-state index contributed by atoms with van der Waals surface area (Å²) in [5, 5.41) is 7.51. The van der Waals surface area contributed by atoms with Gasteiger partial charge in [0.25, 0.3) is 0 Å². The van der Waals surface area contributed by atoms with Crippen LogP contribution in [0.5, 0.6) is 0 Å². The van der Waals surface area contributed by atoms with E-state index < -0.39 is 0 Å². The summed E-state index contributed by atoms with van der Waals surface area (Å²) in [5.41, 5.74) is 1.81. The van der Waals surface area contributed by atoms with Gasteiger partial charge in [-0.2, -0.15) is 5.10 Å². The lowest BCUT2D eigenvalue weighted by Gasteiger charge is -1.97. The SMILES string of the molecule is CCCNCc1ncc(-c2cnn3ccncc23)o1. The fraction of sp³-hybridized carbons (Fsp3) is 0.308. The molecule has 0 spiro atoms. The molecule has 6 heteroatoms. The molecule has 0 saturated heterocycles. The first kappa shape index (κ1) is 11.9. The zero-order valence-corrected chi connectivity index (χ0v) is 10.7. The molecular formula is C13H15N5O. The van der Waals surface area contributed by atoms with Gasteiger partial charge in [0.05, 0.1) is 36.2 Å². The quantitative estimate of drug-likeness (QED) is 0.707. The van der Waals surface area contributed by atoms with Crippen LogP contribution in [0, 0.1) is 0 Å². The van der Waals surface area contributed by atoms with Gasteiger partial charge in [0.15, 0.2) is 5.76 Å². The number of oxazole rings is 1. The molecule has 1 N–H and O–H groups in total. The van der Waals surface area contributed by atoms with Crippen molar-refractivity contribution in [3.63, 3.8) is 0 Å². The van der Waals surface area contributed by atoms with Crippen molar-refractivity contribution >= 4 is 5.52 Å². The number of hydrogen-bond acceptors (Lipinski definition) is 5. The first-order chi connectivity index (χ1) is 9.38. The molecule has 0 fully saturated rings. The van der Waals surface area contributed by atoms with E-state index in [1.54, 1.807) is 35.5 Å². The van der Waals surface area contributed by atoms with Crippen LogP contribution in [-0.4, -0.2) is 26.1 Å². The highest BCUT2D eigenvalue weighted by Crippen LogP contribution is 2.24. The Kier molecular flexibility index (Phi) is 3.24. The number of hydrogen-bond donors (Lipinski definition) is 1. The van der Waals surface area contributed by atoms with Gasteiger partial charge in [-0.25, -0.2) is 9.50 Å². The van der Waals surface area contributed by atoms with Gasteiger partial charge in [0, 0.05) is 12.4 Å². The van der Waals surface area contributed by atoms with Crippen LogP contribution >= 0.6 is 0 Å². The minimum Gasteiger partial charge on any atom is -0.439 e. The summed E-state index contributed by atoms with van der Waals surface area (Å²) in [6.07, 6.45) is 9.85. The van der Waals surface area contributed by atoms with Crippen molar-refractivity contribution in [3.05, 3.63) is 36.9 Å². The molecule has 0 aliphatic rings. The molecule has 0 aliphatic carbocycles. The molecule has 19 heavy (non-hydrogen) atoms. The average molecular weight is 257 g/mol. The average Bonchev–Trinajstić information content (AvgIpc) is 3.05. The summed E-state index contributed by atoms with van der Waals surface area (Å²) in [6, 6.07) is 0. The molecule has 0 unspecified atom stereocenters. The lowest BCUT2D eigenvalue weighted by atomic mass is 10.2. The van der Waals surface area contributed by atoms with E-state index in [0.29, 0.717) is 12.4 Å². The highest BCUT2D eigenvalue weighted by Gasteiger charge is 2.11. The van der Waals surface area contributed by atoms with Crippen LogP contribution in [0.1, 0.15) is 19.2 Å². The number of nitrogens with zero attached hydrogens (tertiary/aromatic N) is 4. The number of aromatic nitrogens is 4. The van der Waals surface area contributed by atoms with Crippen LogP contribution in [-0.2, 0) is 6.54 Å². The summed E-state index contributed by atoms with van der Waals surface area (Å²) >= 11 is 0. The molecule has 0 bridgehead atoms. The Bertz CT molecular complexity index is 672. The highest BCUT2D eigenvalue weighted by atomic mass is 16.4. The van der Waals surface area contributed by atoms with Gasteiger partial charge >= 0.3 is 0 Å². The van der Waals surface area contributed by atoms with Gasteiger partial charge in [-0.3, -0.25) is 4.98 Å². The Morgan fingerprint density at radius 2 is 2.26 bits per heavy atom. The van der Waals surface area contributed by atoms with Crippen molar-refractivity contribution < 1.29 is 4.42 Å². The number of rotatable bonds is 5. The monoisotopic (exact) mass is 257 g/mol. The van der Waals surface area contributed by atoms with E-state index in [2.05, 4.69) is 27.3 Å². The zero-order chi connectivity index (χ0) is 13.1. The Hall–Kier alpha value is -2.21. The molecular weight excluding hydrogens is 242 g/mol. The van der Waals surface area contributed by atoms with Crippen molar-refractivity contribution in [2.75, 3.05) is 6.54 Å². The van der Waals surface area contributed by atoms with E-state index in [1.165, 1.54) is 0 Å². The molecule has 3 rings (SSSR count). The molecule has 3 heterocycles. The fourth-order valence-corrected chi connectivity index (χ4v) is 1.91. The van der Waals surface area contributed by atoms with Crippen LogP contribution in [0.4, 0.5) is 0 Å². The van der Waals surface area contributed by atoms with E-state index in [9.17, 15) is 0 Å². The third kappa shape index (κ3) is 2.34. The third-order valence-electron chi connectivity index (χ3n) is 2.85. The molecule has 0 saturated carbocycles. The van der Waals surface area contributed by atoms with E-state index in [0.717, 1.165) is 29.8 Å². The molecule has 0 aliphatic heterocycles. The Labute approximate surface area is 110 Å². The van der Waals surface area contributed by atoms with Gasteiger partial charge in [0.1, 0.15) is 0 Å². The largest absolute Gasteiger partial charge is 0.439 e. The highest BCUT2D eigenvalue weighted by molar-refractivity contribution is 5.75. The summed E-state index contributed by atoms with van der Waals surface area (Å²) in [6.45, 7) is 3.73. The molecule has 3 aromatic rings. The van der Waals surface area contributed by atoms with Gasteiger partial charge in [-0.15, -0.1) is 0 Å². The predicted molar refractivity (Wildman–Crippen MR) is 70.5 cm³/mol. The minimum atomic E-state index is 0.644. The molecule has 3 aromatic heterocycles. The van der Waals surface area contributed by atoms with Gasteiger partial charge in [0.2, 0.25) is 5.89 Å². The minimum absolute atomic E-state index is 0.644. The zero-order valence-electron chi connectivity index (χ0n) is 10.7. The van der Waals surface area contributed by atoms with Crippen molar-refractivity contribution in [1.29, 1.82) is 0 Å². The van der Waals surface area contributed by atoms with Crippen molar-refractivity contribution in [2.45, 2.75) is 19.9 Å². The number of fused-ring (bicyclic) bond motifs is 1. The third-order valence-corrected chi connectivity index (χ3v) is 2.85. The predicted octanol–water partition coefficient (Wildman–Crippen LogP) is 1.88. The summed E-state index contributed by atoms with van der Waals surface area (Å²) < 4.78 is 7.49. The van der Waals surface area contributed by atoms with Crippen molar-refractivity contribution in [3.8, 4) is 11.3 Å². The smallest absolute Gasteiger partial charge is 0.208 e. The maximum atomic E-state index is 5.73. The topological polar surface area (TPSA) is 68.2 Å². The van der Waals surface area contributed by atoms with Crippen LogP contribution in [0.2, 0.25) is 0 Å². The lowest BCUT2D eigenvalue weighted by molar-refractivity contribution is 0.478. The normalized spacial score (nSPS) is 11.2. The second kappa shape index (κ2) is 5.19. The van der Waals surface area contributed by atoms with Crippen LogP contribution in [0.25, 0.3) is 16.8 Å². The standard InChI is InChI=1S/C13H15N5O/c1-2-3-14-9-13-16-8-12(19-13)10-6-17-18-5-4-15-7-11(10)18/h4-8,14H,2-3,9H2,1H3. The molecule has 6 nitrogen and oxygen atoms in total. The maximum absolute atomic E-state index is 5.73. The van der Waals surface area contributed by atoms with E-state index >= 15 is 0 Å². The van der Waals surface area contributed by atoms with Gasteiger partial charge < -0.3 is 9.73 Å². The molecule has 98 valence electrons. The van der Waals surface area contributed by atoms with E-state index in [1.807, 2.05) is 0 Å². The molecule has 0 aromatic carbocycles. The molecule has 0 atom stereocenters. The van der Waals surface area contributed by atoms with Crippen LogP contribution in [0.3, 0.4) is 0 Å². The lowest BCUT2D eigenvalue weighted by Crippen LogP contribution is -2.13. The second-order valence-corrected chi connectivity index (χ2v) is 4.26.